The van der Waals surface area contributed by atoms with Crippen LogP contribution in [-0.4, -0.2) is 19.9 Å². The Morgan fingerprint density at radius 1 is 1.12 bits per heavy atom. The van der Waals surface area contributed by atoms with Gasteiger partial charge >= 0.3 is 0 Å². The smallest absolute Gasteiger partial charge is 0.258 e. The van der Waals surface area contributed by atoms with Crippen molar-refractivity contribution in [3.63, 3.8) is 0 Å². The Morgan fingerprint density at radius 2 is 1.88 bits per heavy atom. The number of rotatable bonds is 3. The molecule has 4 rings (SSSR count). The predicted molar refractivity (Wildman–Crippen MR) is 104 cm³/mol. The van der Waals surface area contributed by atoms with E-state index in [2.05, 4.69) is 10.4 Å². The van der Waals surface area contributed by atoms with E-state index < -0.39 is 16.7 Å². The fraction of sp³-hybridized carbons (Fsp3) is 0.111. The fourth-order valence-corrected chi connectivity index (χ4v) is 4.50. The second-order valence-corrected chi connectivity index (χ2v) is 8.13. The molecule has 1 amide bonds. The van der Waals surface area contributed by atoms with Crippen LogP contribution in [0.25, 0.3) is 5.69 Å². The van der Waals surface area contributed by atoms with Gasteiger partial charge in [0.25, 0.3) is 5.91 Å². The molecule has 2 aromatic carbocycles. The van der Waals surface area contributed by atoms with Gasteiger partial charge in [0.05, 0.1) is 33.5 Å². The number of para-hydroxylation sites is 1. The summed E-state index contributed by atoms with van der Waals surface area (Å²) in [5, 5.41) is 8.15. The van der Waals surface area contributed by atoms with Gasteiger partial charge in [-0.3, -0.25) is 9.00 Å². The lowest BCUT2D eigenvalue weighted by molar-refractivity contribution is 0.102. The quantitative estimate of drug-likeness (QED) is 0.710. The molecule has 132 valence electrons. The molecule has 1 aromatic heterocycles. The SMILES string of the molecule is O=C(Nc1c2c(nn1-c1ccccc1)CS(=O)C2)c1cc(Cl)ccc1Cl. The molecule has 0 saturated carbocycles. The molecule has 0 fully saturated rings. The Bertz CT molecular complexity index is 1030. The highest BCUT2D eigenvalue weighted by Crippen LogP contribution is 2.32. The first-order chi connectivity index (χ1) is 12.5. The lowest BCUT2D eigenvalue weighted by Gasteiger charge is -2.12. The number of amides is 1. The van der Waals surface area contributed by atoms with Gasteiger partial charge in [0.1, 0.15) is 5.82 Å². The summed E-state index contributed by atoms with van der Waals surface area (Å²) in [6, 6.07) is 14.2. The second-order valence-electron chi connectivity index (χ2n) is 5.83. The van der Waals surface area contributed by atoms with Gasteiger partial charge in [-0.2, -0.15) is 5.10 Å². The molecular formula is C18H13Cl2N3O2S. The Kier molecular flexibility index (Phi) is 4.56. The standard InChI is InChI=1S/C18H13Cl2N3O2S/c19-11-6-7-15(20)13(8-11)18(24)21-17-14-9-26(25)10-16(14)22-23(17)12-4-2-1-3-5-12/h1-8H,9-10H2,(H,21,24). The molecule has 0 aliphatic carbocycles. The predicted octanol–water partition coefficient (Wildman–Crippen LogP) is 4.19. The normalized spacial score (nSPS) is 15.7. The van der Waals surface area contributed by atoms with Crippen LogP contribution < -0.4 is 5.32 Å². The molecule has 0 spiro atoms. The van der Waals surface area contributed by atoms with E-state index in [4.69, 9.17) is 23.2 Å². The number of carbonyl (C=O) groups excluding carboxylic acids is 1. The summed E-state index contributed by atoms with van der Waals surface area (Å²) in [6.45, 7) is 0. The van der Waals surface area contributed by atoms with Crippen molar-refractivity contribution in [1.82, 2.24) is 9.78 Å². The zero-order chi connectivity index (χ0) is 18.3. The molecule has 1 N–H and O–H groups in total. The molecule has 2 heterocycles. The van der Waals surface area contributed by atoms with E-state index in [0.717, 1.165) is 16.9 Å². The number of halogens is 2. The molecular weight excluding hydrogens is 393 g/mol. The Labute approximate surface area is 162 Å². The molecule has 1 atom stereocenters. The second kappa shape index (κ2) is 6.87. The van der Waals surface area contributed by atoms with Crippen molar-refractivity contribution in [3.8, 4) is 5.69 Å². The lowest BCUT2D eigenvalue weighted by atomic mass is 10.2. The molecule has 1 unspecified atom stereocenters. The summed E-state index contributed by atoms with van der Waals surface area (Å²) < 4.78 is 13.6. The van der Waals surface area contributed by atoms with E-state index in [1.54, 1.807) is 16.8 Å². The molecule has 26 heavy (non-hydrogen) atoms. The Balaban J connectivity index is 1.77. The van der Waals surface area contributed by atoms with Gasteiger partial charge in [-0.25, -0.2) is 4.68 Å². The highest BCUT2D eigenvalue weighted by molar-refractivity contribution is 7.83. The van der Waals surface area contributed by atoms with E-state index in [1.165, 1.54) is 6.07 Å². The average Bonchev–Trinajstić information content (AvgIpc) is 3.15. The fourth-order valence-electron chi connectivity index (χ4n) is 2.86. The van der Waals surface area contributed by atoms with Crippen molar-refractivity contribution >= 4 is 45.7 Å². The van der Waals surface area contributed by atoms with Crippen molar-refractivity contribution in [3.05, 3.63) is 75.4 Å². The topological polar surface area (TPSA) is 64.0 Å². The van der Waals surface area contributed by atoms with E-state index in [9.17, 15) is 9.00 Å². The first-order valence-corrected chi connectivity index (χ1v) is 10.0. The summed E-state index contributed by atoms with van der Waals surface area (Å²) >= 11 is 12.1. The highest BCUT2D eigenvalue weighted by Gasteiger charge is 2.28. The van der Waals surface area contributed by atoms with Crippen molar-refractivity contribution < 1.29 is 9.00 Å². The minimum absolute atomic E-state index is 0.271. The van der Waals surface area contributed by atoms with Crippen molar-refractivity contribution in [2.45, 2.75) is 11.5 Å². The maximum atomic E-state index is 12.8. The van der Waals surface area contributed by atoms with Crippen LogP contribution in [0.3, 0.4) is 0 Å². The van der Waals surface area contributed by atoms with Gasteiger partial charge in [0.15, 0.2) is 0 Å². The van der Waals surface area contributed by atoms with Gasteiger partial charge in [-0.05, 0) is 30.3 Å². The van der Waals surface area contributed by atoms with E-state index in [1.807, 2.05) is 30.3 Å². The van der Waals surface area contributed by atoms with E-state index in [0.29, 0.717) is 27.4 Å². The molecule has 8 heteroatoms. The summed E-state index contributed by atoms with van der Waals surface area (Å²) in [4.78, 5) is 12.8. The molecule has 1 aliphatic heterocycles. The molecule has 0 bridgehead atoms. The summed E-state index contributed by atoms with van der Waals surface area (Å²) in [7, 11) is -1.00. The lowest BCUT2D eigenvalue weighted by Crippen LogP contribution is -2.17. The minimum atomic E-state index is -1.00. The first-order valence-electron chi connectivity index (χ1n) is 7.80. The zero-order valence-corrected chi connectivity index (χ0v) is 15.7. The third kappa shape index (κ3) is 3.16. The minimum Gasteiger partial charge on any atom is -0.306 e. The zero-order valence-electron chi connectivity index (χ0n) is 13.4. The van der Waals surface area contributed by atoms with Crippen molar-refractivity contribution in [2.24, 2.45) is 0 Å². The van der Waals surface area contributed by atoms with Gasteiger partial charge in [0.2, 0.25) is 0 Å². The van der Waals surface area contributed by atoms with Gasteiger partial charge in [0, 0.05) is 21.4 Å². The number of anilines is 1. The maximum Gasteiger partial charge on any atom is 0.258 e. The highest BCUT2D eigenvalue weighted by atomic mass is 35.5. The number of nitrogens with one attached hydrogen (secondary N) is 1. The monoisotopic (exact) mass is 405 g/mol. The third-order valence-electron chi connectivity index (χ3n) is 4.08. The Hall–Kier alpha value is -2.15. The molecule has 1 aliphatic rings. The van der Waals surface area contributed by atoms with Crippen LogP contribution >= 0.6 is 23.2 Å². The van der Waals surface area contributed by atoms with Crippen LogP contribution in [0, 0.1) is 0 Å². The summed E-state index contributed by atoms with van der Waals surface area (Å²) in [5.41, 5.74) is 2.60. The third-order valence-corrected chi connectivity index (χ3v) is 5.85. The number of hydrogen-bond acceptors (Lipinski definition) is 3. The number of benzene rings is 2. The number of nitrogens with zero attached hydrogens (tertiary/aromatic N) is 2. The van der Waals surface area contributed by atoms with Crippen LogP contribution in [-0.2, 0) is 22.3 Å². The molecule has 0 radical (unpaired) electrons. The first kappa shape index (κ1) is 17.3. The van der Waals surface area contributed by atoms with Crippen LogP contribution in [0.1, 0.15) is 21.6 Å². The average molecular weight is 406 g/mol. The molecule has 0 saturated heterocycles. The largest absolute Gasteiger partial charge is 0.306 e. The maximum absolute atomic E-state index is 12.8. The van der Waals surface area contributed by atoms with E-state index in [-0.39, 0.29) is 5.56 Å². The van der Waals surface area contributed by atoms with Crippen LogP contribution in [0.15, 0.2) is 48.5 Å². The van der Waals surface area contributed by atoms with Gasteiger partial charge in [-0.1, -0.05) is 41.4 Å². The Morgan fingerprint density at radius 3 is 2.65 bits per heavy atom. The summed E-state index contributed by atoms with van der Waals surface area (Å²) in [6.07, 6.45) is 0. The summed E-state index contributed by atoms with van der Waals surface area (Å²) in [5.74, 6) is 0.866. The van der Waals surface area contributed by atoms with Crippen LogP contribution in [0.4, 0.5) is 5.82 Å². The van der Waals surface area contributed by atoms with Gasteiger partial charge in [-0.15, -0.1) is 0 Å². The number of hydrogen-bond donors (Lipinski definition) is 1. The van der Waals surface area contributed by atoms with E-state index >= 15 is 0 Å². The number of carbonyl (C=O) groups is 1. The molecule has 3 aromatic rings. The van der Waals surface area contributed by atoms with Crippen molar-refractivity contribution in [2.75, 3.05) is 5.32 Å². The number of aromatic nitrogens is 2. The van der Waals surface area contributed by atoms with Crippen molar-refractivity contribution in [1.29, 1.82) is 0 Å². The van der Waals surface area contributed by atoms with Gasteiger partial charge < -0.3 is 5.32 Å². The van der Waals surface area contributed by atoms with Crippen LogP contribution in [0.5, 0.6) is 0 Å². The van der Waals surface area contributed by atoms with Crippen LogP contribution in [0.2, 0.25) is 10.0 Å². The number of fused-ring (bicyclic) bond motifs is 1. The molecule has 5 nitrogen and oxygen atoms in total.